The first-order chi connectivity index (χ1) is 13.6. The van der Waals surface area contributed by atoms with Crippen molar-refractivity contribution in [3.8, 4) is 0 Å². The van der Waals surface area contributed by atoms with Crippen LogP contribution in [0.1, 0.15) is 38.7 Å². The van der Waals surface area contributed by atoms with Gasteiger partial charge in [0.25, 0.3) is 0 Å². The number of benzene rings is 1. The van der Waals surface area contributed by atoms with Crippen molar-refractivity contribution in [3.05, 3.63) is 34.9 Å². The van der Waals surface area contributed by atoms with Gasteiger partial charge in [-0.05, 0) is 44.0 Å². The normalized spacial score (nSPS) is 21.9. The first-order valence-corrected chi connectivity index (χ1v) is 11.0. The lowest BCUT2D eigenvalue weighted by molar-refractivity contribution is 0.0512. The molecule has 1 aromatic rings. The Morgan fingerprint density at radius 2 is 1.97 bits per heavy atom. The second-order valence-electron chi connectivity index (χ2n) is 7.88. The SMILES string of the molecule is CCN(CC)C1CCN(C(=NC)NCC2(c3ccccc3Cl)CCOCC2)C1.I. The summed E-state index contributed by atoms with van der Waals surface area (Å²) in [5.41, 5.74) is 1.22. The summed E-state index contributed by atoms with van der Waals surface area (Å²) < 4.78 is 5.67. The molecule has 3 rings (SSSR count). The minimum absolute atomic E-state index is 0. The van der Waals surface area contributed by atoms with E-state index in [1.165, 1.54) is 12.0 Å². The lowest BCUT2D eigenvalue weighted by Gasteiger charge is -2.39. The second-order valence-corrected chi connectivity index (χ2v) is 8.29. The topological polar surface area (TPSA) is 40.1 Å². The van der Waals surface area contributed by atoms with E-state index in [1.54, 1.807) is 0 Å². The first-order valence-electron chi connectivity index (χ1n) is 10.7. The summed E-state index contributed by atoms with van der Waals surface area (Å²) in [4.78, 5) is 9.55. The van der Waals surface area contributed by atoms with Crippen LogP contribution in [0.2, 0.25) is 5.02 Å². The molecule has 1 atom stereocenters. The fraction of sp³-hybridized carbons (Fsp3) is 0.682. The van der Waals surface area contributed by atoms with E-state index < -0.39 is 0 Å². The molecule has 0 bridgehead atoms. The maximum absolute atomic E-state index is 6.59. The highest BCUT2D eigenvalue weighted by Gasteiger charge is 2.37. The molecule has 2 heterocycles. The standard InChI is InChI=1S/C22H35ClN4O.HI/c1-4-26(5-2)18-10-13-27(16-18)21(24-3)25-17-22(11-14-28-15-12-22)19-8-6-7-9-20(19)23;/h6-9,18H,4-5,10-17H2,1-3H3,(H,24,25);1H. The Kier molecular flexibility index (Phi) is 9.98. The first kappa shape index (κ1) is 24.7. The zero-order valence-corrected chi connectivity index (χ0v) is 21.1. The summed E-state index contributed by atoms with van der Waals surface area (Å²) in [7, 11) is 1.89. The van der Waals surface area contributed by atoms with Crippen LogP contribution in [0.5, 0.6) is 0 Å². The smallest absolute Gasteiger partial charge is 0.193 e. The number of rotatable bonds is 6. The molecule has 0 radical (unpaired) electrons. The van der Waals surface area contributed by atoms with Crippen LogP contribution in [0, 0.1) is 0 Å². The van der Waals surface area contributed by atoms with E-state index in [9.17, 15) is 0 Å². The quantitative estimate of drug-likeness (QED) is 0.340. The molecule has 5 nitrogen and oxygen atoms in total. The lowest BCUT2D eigenvalue weighted by Crippen LogP contribution is -2.49. The number of likely N-dealkylation sites (tertiary alicyclic amines) is 1. The van der Waals surface area contributed by atoms with Gasteiger partial charge in [-0.25, -0.2) is 0 Å². The minimum Gasteiger partial charge on any atom is -0.381 e. The van der Waals surface area contributed by atoms with Crippen LogP contribution in [0.25, 0.3) is 0 Å². The highest BCUT2D eigenvalue weighted by atomic mass is 127. The van der Waals surface area contributed by atoms with Gasteiger partial charge in [-0.3, -0.25) is 9.89 Å². The third kappa shape index (κ3) is 5.77. The molecule has 1 unspecified atom stereocenters. The number of aliphatic imine (C=N–C) groups is 1. The second kappa shape index (κ2) is 11.7. The van der Waals surface area contributed by atoms with Crippen LogP contribution in [0.4, 0.5) is 0 Å². The summed E-state index contributed by atoms with van der Waals surface area (Å²) >= 11 is 6.59. The van der Waals surface area contributed by atoms with Gasteiger partial charge in [0.15, 0.2) is 5.96 Å². The van der Waals surface area contributed by atoms with Gasteiger partial charge in [0.05, 0.1) is 0 Å². The zero-order chi connectivity index (χ0) is 20.0. The summed E-state index contributed by atoms with van der Waals surface area (Å²) in [6, 6.07) is 8.88. The van der Waals surface area contributed by atoms with Crippen molar-refractivity contribution in [2.45, 2.75) is 44.6 Å². The summed E-state index contributed by atoms with van der Waals surface area (Å²) in [5, 5.41) is 4.54. The maximum Gasteiger partial charge on any atom is 0.193 e. The van der Waals surface area contributed by atoms with E-state index in [0.717, 1.165) is 69.8 Å². The molecule has 164 valence electrons. The van der Waals surface area contributed by atoms with Crippen molar-refractivity contribution in [3.63, 3.8) is 0 Å². The Bertz CT molecular complexity index is 662. The summed E-state index contributed by atoms with van der Waals surface area (Å²) in [6.45, 7) is 11.2. The molecular weight excluding hydrogens is 499 g/mol. The monoisotopic (exact) mass is 534 g/mol. The molecule has 1 N–H and O–H groups in total. The van der Waals surface area contributed by atoms with E-state index in [1.807, 2.05) is 19.2 Å². The van der Waals surface area contributed by atoms with Gasteiger partial charge in [-0.2, -0.15) is 0 Å². The highest BCUT2D eigenvalue weighted by Crippen LogP contribution is 2.38. The number of likely N-dealkylation sites (N-methyl/N-ethyl adjacent to an activating group) is 1. The summed E-state index contributed by atoms with van der Waals surface area (Å²) in [5.74, 6) is 1.01. The largest absolute Gasteiger partial charge is 0.381 e. The third-order valence-corrected chi connectivity index (χ3v) is 6.81. The Labute approximate surface area is 198 Å². The number of nitrogens with one attached hydrogen (secondary N) is 1. The van der Waals surface area contributed by atoms with Crippen LogP contribution in [0.15, 0.2) is 29.3 Å². The van der Waals surface area contributed by atoms with Gasteiger partial charge in [0.2, 0.25) is 0 Å². The van der Waals surface area contributed by atoms with Crippen molar-refractivity contribution in [1.82, 2.24) is 15.1 Å². The molecule has 1 aromatic carbocycles. The highest BCUT2D eigenvalue weighted by molar-refractivity contribution is 14.0. The number of guanidine groups is 1. The lowest BCUT2D eigenvalue weighted by atomic mass is 9.74. The molecule has 2 aliphatic rings. The number of halogens is 2. The van der Waals surface area contributed by atoms with Gasteiger partial charge < -0.3 is 15.0 Å². The van der Waals surface area contributed by atoms with Crippen LogP contribution in [0.3, 0.4) is 0 Å². The van der Waals surface area contributed by atoms with Crippen LogP contribution in [-0.2, 0) is 10.2 Å². The van der Waals surface area contributed by atoms with Gasteiger partial charge in [-0.1, -0.05) is 43.6 Å². The van der Waals surface area contributed by atoms with Crippen molar-refractivity contribution in [2.24, 2.45) is 4.99 Å². The van der Waals surface area contributed by atoms with E-state index in [-0.39, 0.29) is 29.4 Å². The molecule has 7 heteroatoms. The third-order valence-electron chi connectivity index (χ3n) is 6.48. The van der Waals surface area contributed by atoms with Crippen LogP contribution >= 0.6 is 35.6 Å². The van der Waals surface area contributed by atoms with Crippen molar-refractivity contribution in [1.29, 1.82) is 0 Å². The molecule has 0 amide bonds. The van der Waals surface area contributed by atoms with Gasteiger partial charge in [0, 0.05) is 56.4 Å². The van der Waals surface area contributed by atoms with Crippen molar-refractivity contribution < 1.29 is 4.74 Å². The molecule has 2 saturated heterocycles. The van der Waals surface area contributed by atoms with Crippen LogP contribution < -0.4 is 5.32 Å². The van der Waals surface area contributed by atoms with E-state index in [0.29, 0.717) is 6.04 Å². The van der Waals surface area contributed by atoms with E-state index in [2.05, 4.69) is 46.1 Å². The van der Waals surface area contributed by atoms with Gasteiger partial charge in [0.1, 0.15) is 0 Å². The Balaban J connectivity index is 0.00000300. The average Bonchev–Trinajstić information content (AvgIpc) is 3.20. The molecule has 0 spiro atoms. The number of hydrogen-bond donors (Lipinski definition) is 1. The fourth-order valence-corrected chi connectivity index (χ4v) is 5.08. The van der Waals surface area contributed by atoms with Crippen molar-refractivity contribution in [2.75, 3.05) is 53.0 Å². The molecule has 0 saturated carbocycles. The van der Waals surface area contributed by atoms with Crippen molar-refractivity contribution >= 4 is 41.5 Å². The predicted molar refractivity (Wildman–Crippen MR) is 133 cm³/mol. The maximum atomic E-state index is 6.59. The van der Waals surface area contributed by atoms with Crippen LogP contribution in [-0.4, -0.2) is 74.8 Å². The molecule has 2 aliphatic heterocycles. The van der Waals surface area contributed by atoms with E-state index in [4.69, 9.17) is 16.3 Å². The van der Waals surface area contributed by atoms with Gasteiger partial charge in [-0.15, -0.1) is 24.0 Å². The van der Waals surface area contributed by atoms with Gasteiger partial charge >= 0.3 is 0 Å². The Morgan fingerprint density at radius 3 is 2.59 bits per heavy atom. The molecule has 29 heavy (non-hydrogen) atoms. The average molecular weight is 535 g/mol. The molecular formula is C22H36ClIN4O. The number of nitrogens with zero attached hydrogens (tertiary/aromatic N) is 3. The Morgan fingerprint density at radius 1 is 1.28 bits per heavy atom. The number of ether oxygens (including phenoxy) is 1. The Hall–Kier alpha value is -0.570. The minimum atomic E-state index is -0.00939. The summed E-state index contributed by atoms with van der Waals surface area (Å²) in [6.07, 6.45) is 3.15. The zero-order valence-electron chi connectivity index (χ0n) is 18.0. The number of hydrogen-bond acceptors (Lipinski definition) is 3. The fourth-order valence-electron chi connectivity index (χ4n) is 4.75. The predicted octanol–water partition coefficient (Wildman–Crippen LogP) is 4.00. The molecule has 2 fully saturated rings. The van der Waals surface area contributed by atoms with E-state index >= 15 is 0 Å². The molecule has 0 aromatic heterocycles. The molecule has 0 aliphatic carbocycles.